The Labute approximate surface area is 80.1 Å². The maximum absolute atomic E-state index is 4.18. The van der Waals surface area contributed by atoms with E-state index in [-0.39, 0.29) is 5.48 Å². The van der Waals surface area contributed by atoms with Gasteiger partial charge in [0, 0.05) is 18.9 Å². The Kier molecular flexibility index (Phi) is 6.24. The lowest BCUT2D eigenvalue weighted by atomic mass is 10.2. The predicted molar refractivity (Wildman–Crippen MR) is 54.7 cm³/mol. The van der Waals surface area contributed by atoms with Gasteiger partial charge in [0.05, 0.1) is 0 Å². The van der Waals surface area contributed by atoms with Crippen LogP contribution in [0.3, 0.4) is 0 Å². The van der Waals surface area contributed by atoms with Gasteiger partial charge in [-0.05, 0) is 13.3 Å². The maximum Gasteiger partial charge on any atom is 0.105 e. The monoisotopic (exact) mass is 184 g/mol. The normalized spacial score (nSPS) is 9.69. The Morgan fingerprint density at radius 3 is 2.62 bits per heavy atom. The minimum absolute atomic E-state index is 0. The van der Waals surface area contributed by atoms with Gasteiger partial charge in [-0.3, -0.25) is 0 Å². The Morgan fingerprint density at radius 2 is 2.08 bits per heavy atom. The molecular formula is C10H20N2O. The molecule has 3 heteroatoms. The van der Waals surface area contributed by atoms with Crippen LogP contribution in [0.5, 0.6) is 0 Å². The molecule has 76 valence electrons. The molecule has 0 atom stereocenters. The zero-order valence-electron chi connectivity index (χ0n) is 8.58. The molecule has 1 aromatic heterocycles. The SMILES string of the molecule is CCCCCCn1ccnc1C.O. The van der Waals surface area contributed by atoms with Gasteiger partial charge < -0.3 is 10.0 Å². The molecule has 0 saturated carbocycles. The van der Waals surface area contributed by atoms with Gasteiger partial charge in [0.25, 0.3) is 0 Å². The molecule has 3 nitrogen and oxygen atoms in total. The summed E-state index contributed by atoms with van der Waals surface area (Å²) in [4.78, 5) is 4.18. The number of hydrogen-bond acceptors (Lipinski definition) is 1. The van der Waals surface area contributed by atoms with Crippen molar-refractivity contribution >= 4 is 0 Å². The lowest BCUT2D eigenvalue weighted by molar-refractivity contribution is 0.573. The topological polar surface area (TPSA) is 49.3 Å². The first-order chi connectivity index (χ1) is 5.84. The molecule has 0 fully saturated rings. The number of rotatable bonds is 5. The zero-order valence-corrected chi connectivity index (χ0v) is 8.58. The smallest absolute Gasteiger partial charge is 0.105 e. The van der Waals surface area contributed by atoms with E-state index in [1.54, 1.807) is 0 Å². The third-order valence-electron chi connectivity index (χ3n) is 2.18. The Hall–Kier alpha value is -0.830. The number of unbranched alkanes of at least 4 members (excludes halogenated alkanes) is 3. The van der Waals surface area contributed by atoms with Gasteiger partial charge in [0.2, 0.25) is 0 Å². The molecule has 0 saturated heterocycles. The lowest BCUT2D eigenvalue weighted by Gasteiger charge is -2.03. The fourth-order valence-electron chi connectivity index (χ4n) is 1.35. The molecule has 1 rings (SSSR count). The highest BCUT2D eigenvalue weighted by Crippen LogP contribution is 2.03. The fourth-order valence-corrected chi connectivity index (χ4v) is 1.35. The van der Waals surface area contributed by atoms with E-state index in [2.05, 4.69) is 29.6 Å². The summed E-state index contributed by atoms with van der Waals surface area (Å²) in [5.74, 6) is 1.13. The summed E-state index contributed by atoms with van der Waals surface area (Å²) in [6, 6.07) is 0. The van der Waals surface area contributed by atoms with Crippen LogP contribution in [-0.4, -0.2) is 15.0 Å². The van der Waals surface area contributed by atoms with Crippen molar-refractivity contribution in [2.45, 2.75) is 46.1 Å². The van der Waals surface area contributed by atoms with Crippen molar-refractivity contribution in [2.75, 3.05) is 0 Å². The van der Waals surface area contributed by atoms with Crippen LogP contribution in [0, 0.1) is 6.92 Å². The van der Waals surface area contributed by atoms with Gasteiger partial charge in [-0.15, -0.1) is 0 Å². The van der Waals surface area contributed by atoms with Gasteiger partial charge in [0.1, 0.15) is 5.82 Å². The average Bonchev–Trinajstić information content (AvgIpc) is 2.46. The van der Waals surface area contributed by atoms with Gasteiger partial charge in [-0.25, -0.2) is 4.98 Å². The van der Waals surface area contributed by atoms with Gasteiger partial charge >= 0.3 is 0 Å². The molecule has 1 aromatic rings. The van der Waals surface area contributed by atoms with Crippen LogP contribution in [0.1, 0.15) is 38.4 Å². The molecule has 13 heavy (non-hydrogen) atoms. The minimum Gasteiger partial charge on any atom is -0.412 e. The zero-order chi connectivity index (χ0) is 8.81. The lowest BCUT2D eigenvalue weighted by Crippen LogP contribution is -1.98. The van der Waals surface area contributed by atoms with Crippen molar-refractivity contribution in [1.29, 1.82) is 0 Å². The molecule has 1 heterocycles. The van der Waals surface area contributed by atoms with E-state index < -0.39 is 0 Å². The van der Waals surface area contributed by atoms with Crippen molar-refractivity contribution in [3.8, 4) is 0 Å². The summed E-state index contributed by atoms with van der Waals surface area (Å²) in [7, 11) is 0. The number of hydrogen-bond donors (Lipinski definition) is 0. The van der Waals surface area contributed by atoms with E-state index in [1.807, 2.05) is 6.20 Å². The van der Waals surface area contributed by atoms with Gasteiger partial charge in [0.15, 0.2) is 0 Å². The first-order valence-corrected chi connectivity index (χ1v) is 4.82. The van der Waals surface area contributed by atoms with Crippen LogP contribution in [0.25, 0.3) is 0 Å². The van der Waals surface area contributed by atoms with Crippen LogP contribution in [0.15, 0.2) is 12.4 Å². The first kappa shape index (κ1) is 12.2. The summed E-state index contributed by atoms with van der Waals surface area (Å²) in [5, 5.41) is 0. The van der Waals surface area contributed by atoms with Crippen molar-refractivity contribution in [1.82, 2.24) is 9.55 Å². The van der Waals surface area contributed by atoms with E-state index in [9.17, 15) is 0 Å². The number of imidazole rings is 1. The summed E-state index contributed by atoms with van der Waals surface area (Å²) in [6.07, 6.45) is 9.21. The van der Waals surface area contributed by atoms with E-state index >= 15 is 0 Å². The summed E-state index contributed by atoms with van der Waals surface area (Å²) >= 11 is 0. The molecule has 0 aliphatic heterocycles. The number of aryl methyl sites for hydroxylation is 2. The molecule has 0 radical (unpaired) electrons. The van der Waals surface area contributed by atoms with Crippen LogP contribution in [-0.2, 0) is 6.54 Å². The van der Waals surface area contributed by atoms with Crippen LogP contribution >= 0.6 is 0 Å². The second-order valence-corrected chi connectivity index (χ2v) is 3.23. The molecular weight excluding hydrogens is 164 g/mol. The predicted octanol–water partition coefficient (Wildman–Crippen LogP) is 1.95. The van der Waals surface area contributed by atoms with E-state index in [0.29, 0.717) is 0 Å². The third-order valence-corrected chi connectivity index (χ3v) is 2.18. The van der Waals surface area contributed by atoms with Crippen molar-refractivity contribution < 1.29 is 5.48 Å². The summed E-state index contributed by atoms with van der Waals surface area (Å²) in [6.45, 7) is 5.42. The Morgan fingerprint density at radius 1 is 1.31 bits per heavy atom. The molecule has 0 aliphatic rings. The standard InChI is InChI=1S/C10H18N2.H2O/c1-3-4-5-6-8-12-9-7-11-10(12)2;/h7,9H,3-6,8H2,1-2H3;1H2. The maximum atomic E-state index is 4.18. The molecule has 0 spiro atoms. The Bertz CT molecular complexity index is 220. The second kappa shape index (κ2) is 6.66. The average molecular weight is 184 g/mol. The molecule has 0 aliphatic carbocycles. The number of aromatic nitrogens is 2. The number of nitrogens with zero attached hydrogens (tertiary/aromatic N) is 2. The quantitative estimate of drug-likeness (QED) is 0.645. The minimum atomic E-state index is 0. The van der Waals surface area contributed by atoms with E-state index in [4.69, 9.17) is 0 Å². The van der Waals surface area contributed by atoms with Crippen molar-refractivity contribution in [2.24, 2.45) is 0 Å². The fraction of sp³-hybridized carbons (Fsp3) is 0.700. The molecule has 2 N–H and O–H groups in total. The summed E-state index contributed by atoms with van der Waals surface area (Å²) in [5.41, 5.74) is 0. The highest BCUT2D eigenvalue weighted by atomic mass is 16.0. The van der Waals surface area contributed by atoms with Crippen LogP contribution in [0.4, 0.5) is 0 Å². The molecule has 0 aromatic carbocycles. The Balaban J connectivity index is 0.00000144. The van der Waals surface area contributed by atoms with E-state index in [1.165, 1.54) is 25.7 Å². The molecule has 0 amide bonds. The van der Waals surface area contributed by atoms with Crippen LogP contribution in [0.2, 0.25) is 0 Å². The molecule has 0 bridgehead atoms. The van der Waals surface area contributed by atoms with Gasteiger partial charge in [-0.1, -0.05) is 26.2 Å². The van der Waals surface area contributed by atoms with E-state index in [0.717, 1.165) is 12.4 Å². The highest BCUT2D eigenvalue weighted by molar-refractivity contribution is 4.87. The largest absolute Gasteiger partial charge is 0.412 e. The highest BCUT2D eigenvalue weighted by Gasteiger charge is 1.94. The third kappa shape index (κ3) is 4.08. The second-order valence-electron chi connectivity index (χ2n) is 3.23. The molecule has 0 unspecified atom stereocenters. The van der Waals surface area contributed by atoms with Gasteiger partial charge in [-0.2, -0.15) is 0 Å². The van der Waals surface area contributed by atoms with Crippen LogP contribution < -0.4 is 0 Å². The van der Waals surface area contributed by atoms with Crippen molar-refractivity contribution in [3.05, 3.63) is 18.2 Å². The van der Waals surface area contributed by atoms with Crippen molar-refractivity contribution in [3.63, 3.8) is 0 Å². The summed E-state index contributed by atoms with van der Waals surface area (Å²) < 4.78 is 2.22. The first-order valence-electron chi connectivity index (χ1n) is 4.82.